The van der Waals surface area contributed by atoms with Gasteiger partial charge in [-0.1, -0.05) is 34.6 Å². The highest BCUT2D eigenvalue weighted by atomic mass is 16.3. The highest BCUT2D eigenvalue weighted by molar-refractivity contribution is 5.86. The van der Waals surface area contributed by atoms with Crippen LogP contribution < -0.4 is 0 Å². The van der Waals surface area contributed by atoms with Gasteiger partial charge < -0.3 is 25.5 Å². The first-order valence-electron chi connectivity index (χ1n) is 14.4. The average Bonchev–Trinajstić information content (AvgIpc) is 3.36. The Morgan fingerprint density at radius 2 is 1.64 bits per heavy atom. The number of fused-ring (bicyclic) bond motifs is 2. The van der Waals surface area contributed by atoms with E-state index in [2.05, 4.69) is 20.8 Å². The summed E-state index contributed by atoms with van der Waals surface area (Å²) in [5.74, 6) is 0.304. The van der Waals surface area contributed by atoms with Crippen LogP contribution in [0, 0.1) is 50.7 Å². The van der Waals surface area contributed by atoms with Crippen LogP contribution in [0.4, 0.5) is 0 Å². The van der Waals surface area contributed by atoms with Crippen molar-refractivity contribution in [3.8, 4) is 0 Å². The van der Waals surface area contributed by atoms with Crippen LogP contribution in [0.15, 0.2) is 0 Å². The van der Waals surface area contributed by atoms with Crippen LogP contribution in [0.25, 0.3) is 0 Å². The zero-order chi connectivity index (χ0) is 26.9. The van der Waals surface area contributed by atoms with Crippen LogP contribution in [0.1, 0.15) is 99.8 Å². The first kappa shape index (κ1) is 27.1. The fourth-order valence-corrected chi connectivity index (χ4v) is 11.3. The number of carbonyl (C=O) groups is 1. The number of aliphatic hydroxyl groups excluding tert-OH is 4. The van der Waals surface area contributed by atoms with Gasteiger partial charge >= 0.3 is 0 Å². The number of ketones is 1. The lowest BCUT2D eigenvalue weighted by molar-refractivity contribution is -0.214. The molecule has 0 heterocycles. The maximum absolute atomic E-state index is 12.9. The van der Waals surface area contributed by atoms with E-state index in [0.717, 1.165) is 12.8 Å². The molecule has 0 aromatic heterocycles. The van der Waals surface area contributed by atoms with E-state index >= 15 is 0 Å². The highest BCUT2D eigenvalue weighted by Gasteiger charge is 2.86. The molecular weight excluding hydrogens is 456 g/mol. The van der Waals surface area contributed by atoms with Crippen molar-refractivity contribution in [2.45, 2.75) is 130 Å². The van der Waals surface area contributed by atoms with Gasteiger partial charge in [-0.15, -0.1) is 0 Å². The van der Waals surface area contributed by atoms with E-state index in [1.165, 1.54) is 0 Å². The predicted octanol–water partition coefficient (Wildman–Crippen LogP) is 3.46. The molecule has 5 saturated carbocycles. The van der Waals surface area contributed by atoms with Gasteiger partial charge in [0, 0.05) is 23.2 Å². The van der Waals surface area contributed by atoms with E-state index in [0.29, 0.717) is 38.5 Å². The van der Waals surface area contributed by atoms with Crippen molar-refractivity contribution >= 4 is 5.78 Å². The lowest BCUT2D eigenvalue weighted by Gasteiger charge is -2.64. The van der Waals surface area contributed by atoms with Crippen LogP contribution in [0.3, 0.4) is 0 Å². The Kier molecular flexibility index (Phi) is 5.84. The molecule has 206 valence electrons. The molecular formula is C30H50O6. The molecule has 0 aromatic carbocycles. The number of aliphatic hydroxyl groups is 5. The first-order valence-corrected chi connectivity index (χ1v) is 14.4. The van der Waals surface area contributed by atoms with Crippen molar-refractivity contribution in [2.24, 2.45) is 50.7 Å². The van der Waals surface area contributed by atoms with Gasteiger partial charge in [-0.2, -0.15) is 0 Å². The third kappa shape index (κ3) is 3.11. The van der Waals surface area contributed by atoms with E-state index in [4.69, 9.17) is 0 Å². The van der Waals surface area contributed by atoms with Gasteiger partial charge in [0.25, 0.3) is 0 Å². The van der Waals surface area contributed by atoms with Gasteiger partial charge in [0.1, 0.15) is 5.78 Å². The van der Waals surface area contributed by atoms with Crippen molar-refractivity contribution in [1.29, 1.82) is 0 Å². The van der Waals surface area contributed by atoms with Crippen LogP contribution >= 0.6 is 0 Å². The van der Waals surface area contributed by atoms with Gasteiger partial charge in [0.15, 0.2) is 0 Å². The molecule has 0 radical (unpaired) electrons. The van der Waals surface area contributed by atoms with Gasteiger partial charge in [-0.05, 0) is 92.8 Å². The average molecular weight is 507 g/mol. The Balaban J connectivity index is 1.48. The molecule has 5 fully saturated rings. The molecule has 12 atom stereocenters. The summed E-state index contributed by atoms with van der Waals surface area (Å²) in [4.78, 5) is 12.9. The molecule has 0 amide bonds. The van der Waals surface area contributed by atoms with Crippen molar-refractivity contribution in [1.82, 2.24) is 0 Å². The molecule has 5 rings (SSSR count). The van der Waals surface area contributed by atoms with E-state index in [1.807, 2.05) is 13.8 Å². The molecule has 0 saturated heterocycles. The lowest BCUT2D eigenvalue weighted by atomic mass is 9.40. The summed E-state index contributed by atoms with van der Waals surface area (Å²) in [6.45, 7) is 13.9. The molecule has 5 aliphatic carbocycles. The predicted molar refractivity (Wildman–Crippen MR) is 137 cm³/mol. The number of rotatable bonds is 5. The smallest absolute Gasteiger partial charge is 0.138 e. The zero-order valence-corrected chi connectivity index (χ0v) is 23.4. The zero-order valence-electron chi connectivity index (χ0n) is 23.4. The van der Waals surface area contributed by atoms with Crippen molar-refractivity contribution in [3.05, 3.63) is 0 Å². The van der Waals surface area contributed by atoms with Crippen molar-refractivity contribution in [3.63, 3.8) is 0 Å². The minimum atomic E-state index is -1.16. The fraction of sp³-hybridized carbons (Fsp3) is 0.967. The summed E-state index contributed by atoms with van der Waals surface area (Å²) in [5, 5.41) is 55.7. The summed E-state index contributed by atoms with van der Waals surface area (Å²) in [6, 6.07) is 0. The summed E-state index contributed by atoms with van der Waals surface area (Å²) in [7, 11) is 0. The van der Waals surface area contributed by atoms with Crippen LogP contribution in [-0.2, 0) is 4.79 Å². The van der Waals surface area contributed by atoms with Gasteiger partial charge in [-0.25, -0.2) is 0 Å². The Bertz CT molecular complexity index is 925. The Labute approximate surface area is 216 Å². The summed E-state index contributed by atoms with van der Waals surface area (Å²) in [6.07, 6.45) is 2.75. The van der Waals surface area contributed by atoms with Gasteiger partial charge in [-0.3, -0.25) is 4.79 Å². The Morgan fingerprint density at radius 3 is 2.25 bits per heavy atom. The van der Waals surface area contributed by atoms with Crippen molar-refractivity contribution in [2.75, 3.05) is 0 Å². The second-order valence-corrected chi connectivity index (χ2v) is 15.4. The minimum Gasteiger partial charge on any atom is -0.393 e. The molecule has 5 N–H and O–H groups in total. The maximum atomic E-state index is 12.9. The van der Waals surface area contributed by atoms with E-state index in [9.17, 15) is 30.3 Å². The number of carbonyl (C=O) groups excluding carboxylic acids is 1. The van der Waals surface area contributed by atoms with E-state index in [-0.39, 0.29) is 51.1 Å². The van der Waals surface area contributed by atoms with Crippen LogP contribution in [-0.4, -0.2) is 61.3 Å². The van der Waals surface area contributed by atoms with Crippen molar-refractivity contribution < 1.29 is 30.3 Å². The fourth-order valence-electron chi connectivity index (χ4n) is 11.3. The minimum absolute atomic E-state index is 0.0301. The topological polar surface area (TPSA) is 118 Å². The summed E-state index contributed by atoms with van der Waals surface area (Å²) < 4.78 is 0. The Hall–Kier alpha value is -0.530. The van der Waals surface area contributed by atoms with Crippen LogP contribution in [0.5, 0.6) is 0 Å². The summed E-state index contributed by atoms with van der Waals surface area (Å²) >= 11 is 0. The van der Waals surface area contributed by atoms with E-state index in [1.54, 1.807) is 13.8 Å². The van der Waals surface area contributed by atoms with Crippen LogP contribution in [0.2, 0.25) is 0 Å². The number of hydrogen-bond acceptors (Lipinski definition) is 6. The quantitative estimate of drug-likeness (QED) is 0.390. The molecule has 0 aliphatic heterocycles. The van der Waals surface area contributed by atoms with Gasteiger partial charge in [0.05, 0.1) is 30.0 Å². The Morgan fingerprint density at radius 1 is 1.00 bits per heavy atom. The standard InChI is InChI=1S/C30H50O6/c1-16(8-9-21(34)26(4,5)36)23-18(32)13-27(6)19-12-17(31)24-25(2,3)20(33)10-11-29(24)15-30(19,29)22(35)14-28(23,27)7/h16-19,21-24,31-32,34-36H,8-15H2,1-7H3. The third-order valence-electron chi connectivity index (χ3n) is 13.2. The lowest BCUT2D eigenvalue weighted by Crippen LogP contribution is -2.64. The second-order valence-electron chi connectivity index (χ2n) is 15.4. The third-order valence-corrected chi connectivity index (χ3v) is 13.2. The largest absolute Gasteiger partial charge is 0.393 e. The first-order chi connectivity index (χ1) is 16.4. The molecule has 0 aromatic rings. The molecule has 6 heteroatoms. The molecule has 5 aliphatic rings. The summed E-state index contributed by atoms with van der Waals surface area (Å²) in [5.41, 5.74) is -2.76. The molecule has 6 nitrogen and oxygen atoms in total. The molecule has 36 heavy (non-hydrogen) atoms. The van der Waals surface area contributed by atoms with Gasteiger partial charge in [0.2, 0.25) is 0 Å². The normalized spacial score (nSPS) is 53.1. The van der Waals surface area contributed by atoms with E-state index < -0.39 is 35.4 Å². The molecule has 2 spiro atoms. The number of Topliss-reactive ketones (excluding diaryl/α,β-unsaturated/α-hetero) is 1. The highest BCUT2D eigenvalue weighted by Crippen LogP contribution is 2.88. The second kappa shape index (κ2) is 7.78. The molecule has 12 unspecified atom stereocenters. The molecule has 0 bridgehead atoms. The maximum Gasteiger partial charge on any atom is 0.138 e. The number of hydrogen-bond donors (Lipinski definition) is 5. The SMILES string of the molecule is CC(CCC(O)C(C)(C)O)C1C(O)CC2(C)C3CC(O)C4C(C)(C)C(=O)CCC45CC35C(O)CC12C. The monoisotopic (exact) mass is 506 g/mol.